The van der Waals surface area contributed by atoms with E-state index in [1.807, 2.05) is 48.7 Å². The Morgan fingerprint density at radius 3 is 2.77 bits per heavy atom. The molecule has 1 N–H and O–H groups in total. The first kappa shape index (κ1) is 17.4. The Morgan fingerprint density at radius 2 is 1.87 bits per heavy atom. The lowest BCUT2D eigenvalue weighted by molar-refractivity contribution is 0.624. The van der Waals surface area contributed by atoms with E-state index in [9.17, 15) is 0 Å². The van der Waals surface area contributed by atoms with Gasteiger partial charge in [-0.2, -0.15) is 0 Å². The molecule has 4 heterocycles. The Bertz CT molecular complexity index is 1440. The molecule has 144 valence electrons. The van der Waals surface area contributed by atoms with Crippen LogP contribution in [-0.4, -0.2) is 15.8 Å². The molecule has 0 aliphatic carbocycles. The number of aromatic nitrogens is 2. The predicted molar refractivity (Wildman–Crippen MR) is 122 cm³/mol. The minimum atomic E-state index is -0.222. The highest BCUT2D eigenvalue weighted by Gasteiger charge is 2.29. The number of nitrogens with one attached hydrogen (secondary N) is 1. The fourth-order valence-corrected chi connectivity index (χ4v) is 4.15. The van der Waals surface area contributed by atoms with Gasteiger partial charge < -0.3 is 9.73 Å². The quantitative estimate of drug-likeness (QED) is 0.327. The SMILES string of the molecule is Brc1ccc(C2N=C(c3ccc4cccnc4c3)Nc3oc4ccccc4c32)cn1. The van der Waals surface area contributed by atoms with Crippen LogP contribution in [0.4, 0.5) is 5.88 Å². The smallest absolute Gasteiger partial charge is 0.205 e. The van der Waals surface area contributed by atoms with Gasteiger partial charge in [0.15, 0.2) is 0 Å². The second kappa shape index (κ2) is 6.78. The molecule has 1 unspecified atom stereocenters. The van der Waals surface area contributed by atoms with E-state index in [0.29, 0.717) is 0 Å². The Morgan fingerprint density at radius 1 is 0.933 bits per heavy atom. The number of hydrogen-bond donors (Lipinski definition) is 1. The molecular weight excluding hydrogens is 440 g/mol. The van der Waals surface area contributed by atoms with Crippen LogP contribution in [0.2, 0.25) is 0 Å². The monoisotopic (exact) mass is 454 g/mol. The van der Waals surface area contributed by atoms with Gasteiger partial charge in [-0.15, -0.1) is 0 Å². The molecule has 0 fully saturated rings. The minimum Gasteiger partial charge on any atom is -0.440 e. The summed E-state index contributed by atoms with van der Waals surface area (Å²) in [4.78, 5) is 14.0. The lowest BCUT2D eigenvalue weighted by atomic mass is 9.97. The lowest BCUT2D eigenvalue weighted by Gasteiger charge is -2.22. The summed E-state index contributed by atoms with van der Waals surface area (Å²) in [6.45, 7) is 0. The first-order valence-corrected chi connectivity index (χ1v) is 10.4. The van der Waals surface area contributed by atoms with Gasteiger partial charge >= 0.3 is 0 Å². The van der Waals surface area contributed by atoms with Gasteiger partial charge in [-0.05, 0) is 45.8 Å². The summed E-state index contributed by atoms with van der Waals surface area (Å²) in [6.07, 6.45) is 3.66. The zero-order valence-electron chi connectivity index (χ0n) is 15.7. The largest absolute Gasteiger partial charge is 0.440 e. The van der Waals surface area contributed by atoms with Crippen molar-refractivity contribution in [1.82, 2.24) is 9.97 Å². The number of furan rings is 1. The van der Waals surface area contributed by atoms with Gasteiger partial charge in [0.2, 0.25) is 5.88 Å². The van der Waals surface area contributed by atoms with E-state index in [2.05, 4.69) is 55.5 Å². The molecule has 0 spiro atoms. The number of fused-ring (bicyclic) bond motifs is 4. The first-order chi connectivity index (χ1) is 14.8. The standard InChI is InChI=1S/C24H15BrN4O/c25-20-10-9-16(13-27-20)22-21-17-5-1-2-6-19(17)30-24(21)29-23(28-22)15-8-7-14-4-3-11-26-18(14)12-15/h1-13,22H,(H,28,29). The van der Waals surface area contributed by atoms with E-state index >= 15 is 0 Å². The molecule has 5 nitrogen and oxygen atoms in total. The molecular formula is C24H15BrN4O. The third kappa shape index (κ3) is 2.80. The molecule has 0 saturated carbocycles. The van der Waals surface area contributed by atoms with Crippen LogP contribution in [0.15, 0.2) is 93.1 Å². The summed E-state index contributed by atoms with van der Waals surface area (Å²) in [5.74, 6) is 1.47. The predicted octanol–water partition coefficient (Wildman–Crippen LogP) is 6.10. The molecule has 1 aliphatic heterocycles. The zero-order valence-corrected chi connectivity index (χ0v) is 17.3. The second-order valence-electron chi connectivity index (χ2n) is 7.17. The van der Waals surface area contributed by atoms with Gasteiger partial charge in [0.25, 0.3) is 0 Å². The number of aliphatic imine (C=N–C) groups is 1. The fourth-order valence-electron chi connectivity index (χ4n) is 3.91. The molecule has 3 aromatic heterocycles. The number of benzene rings is 2. The third-order valence-corrected chi connectivity index (χ3v) is 5.81. The van der Waals surface area contributed by atoms with Crippen molar-refractivity contribution < 1.29 is 4.42 Å². The number of anilines is 1. The van der Waals surface area contributed by atoms with E-state index in [1.165, 1.54) is 0 Å². The van der Waals surface area contributed by atoms with Gasteiger partial charge in [-0.25, -0.2) is 4.98 Å². The van der Waals surface area contributed by atoms with Crippen molar-refractivity contribution in [3.05, 3.63) is 100 Å². The fraction of sp³-hybridized carbons (Fsp3) is 0.0417. The molecule has 6 heteroatoms. The van der Waals surface area contributed by atoms with Gasteiger partial charge in [-0.3, -0.25) is 9.98 Å². The van der Waals surface area contributed by atoms with E-state index < -0.39 is 0 Å². The van der Waals surface area contributed by atoms with Crippen LogP contribution in [-0.2, 0) is 0 Å². The summed E-state index contributed by atoms with van der Waals surface area (Å²) < 4.78 is 6.96. The van der Waals surface area contributed by atoms with Crippen LogP contribution in [0, 0.1) is 0 Å². The highest BCUT2D eigenvalue weighted by atomic mass is 79.9. The Labute approximate surface area is 180 Å². The van der Waals surface area contributed by atoms with Crippen molar-refractivity contribution in [2.45, 2.75) is 6.04 Å². The van der Waals surface area contributed by atoms with Crippen molar-refractivity contribution >= 4 is 49.5 Å². The number of halogens is 1. The van der Waals surface area contributed by atoms with Crippen molar-refractivity contribution in [2.75, 3.05) is 5.32 Å². The zero-order chi connectivity index (χ0) is 20.1. The summed E-state index contributed by atoms with van der Waals surface area (Å²) in [7, 11) is 0. The van der Waals surface area contributed by atoms with Crippen molar-refractivity contribution in [3.8, 4) is 0 Å². The third-order valence-electron chi connectivity index (χ3n) is 5.34. The second-order valence-corrected chi connectivity index (χ2v) is 7.98. The molecule has 1 atom stereocenters. The molecule has 2 aromatic carbocycles. The van der Waals surface area contributed by atoms with Crippen LogP contribution in [0.25, 0.3) is 21.9 Å². The Hall–Kier alpha value is -3.51. The van der Waals surface area contributed by atoms with Gasteiger partial charge in [-0.1, -0.05) is 42.5 Å². The number of rotatable bonds is 2. The summed E-state index contributed by atoms with van der Waals surface area (Å²) in [5.41, 5.74) is 4.75. The maximum atomic E-state index is 6.17. The van der Waals surface area contributed by atoms with Gasteiger partial charge in [0.05, 0.1) is 11.1 Å². The molecule has 30 heavy (non-hydrogen) atoms. The average Bonchev–Trinajstić information content (AvgIpc) is 3.17. The Kier molecular flexibility index (Phi) is 3.92. The Balaban J connectivity index is 1.55. The molecule has 6 rings (SSSR count). The molecule has 0 amide bonds. The summed E-state index contributed by atoms with van der Waals surface area (Å²) in [5, 5.41) is 5.55. The van der Waals surface area contributed by atoms with Crippen molar-refractivity contribution in [3.63, 3.8) is 0 Å². The first-order valence-electron chi connectivity index (χ1n) is 9.59. The van der Waals surface area contributed by atoms with E-state index in [1.54, 1.807) is 6.20 Å². The molecule has 1 aliphatic rings. The average molecular weight is 455 g/mol. The topological polar surface area (TPSA) is 63.3 Å². The number of pyridine rings is 2. The van der Waals surface area contributed by atoms with E-state index in [0.717, 1.165) is 54.9 Å². The lowest BCUT2D eigenvalue weighted by Crippen LogP contribution is -2.21. The van der Waals surface area contributed by atoms with Crippen molar-refractivity contribution in [2.24, 2.45) is 4.99 Å². The van der Waals surface area contributed by atoms with Crippen LogP contribution >= 0.6 is 15.9 Å². The summed E-state index contributed by atoms with van der Waals surface area (Å²) >= 11 is 3.42. The number of hydrogen-bond acceptors (Lipinski definition) is 5. The normalized spacial score (nSPS) is 15.6. The number of para-hydroxylation sites is 1. The van der Waals surface area contributed by atoms with Crippen molar-refractivity contribution in [1.29, 1.82) is 0 Å². The highest BCUT2D eigenvalue weighted by Crippen LogP contribution is 2.42. The number of amidine groups is 1. The van der Waals surface area contributed by atoms with Crippen LogP contribution in [0.3, 0.4) is 0 Å². The molecule has 0 bridgehead atoms. The van der Waals surface area contributed by atoms with Gasteiger partial charge in [0, 0.05) is 28.7 Å². The summed E-state index contributed by atoms with van der Waals surface area (Å²) in [6, 6.07) is 22.0. The molecule has 5 aromatic rings. The van der Waals surface area contributed by atoms with E-state index in [4.69, 9.17) is 9.41 Å². The van der Waals surface area contributed by atoms with Crippen LogP contribution < -0.4 is 5.32 Å². The van der Waals surface area contributed by atoms with Crippen LogP contribution in [0.5, 0.6) is 0 Å². The minimum absolute atomic E-state index is 0.222. The highest BCUT2D eigenvalue weighted by molar-refractivity contribution is 9.10. The maximum Gasteiger partial charge on any atom is 0.205 e. The number of nitrogens with zero attached hydrogens (tertiary/aromatic N) is 3. The van der Waals surface area contributed by atoms with Gasteiger partial charge in [0.1, 0.15) is 22.1 Å². The maximum absolute atomic E-state index is 6.17. The van der Waals surface area contributed by atoms with Crippen LogP contribution in [0.1, 0.15) is 22.7 Å². The van der Waals surface area contributed by atoms with E-state index in [-0.39, 0.29) is 6.04 Å². The molecule has 0 saturated heterocycles. The molecule has 0 radical (unpaired) electrons.